The molecule has 2 heteroatoms. The van der Waals surface area contributed by atoms with Crippen LogP contribution in [0.15, 0.2) is 36.4 Å². The van der Waals surface area contributed by atoms with Gasteiger partial charge < -0.3 is 5.73 Å². The number of hydrogen-bond acceptors (Lipinski definition) is 1. The Balaban J connectivity index is 2.62. The minimum absolute atomic E-state index is 0.682. The third-order valence-electron chi connectivity index (χ3n) is 2.35. The zero-order chi connectivity index (χ0) is 9.97. The van der Waals surface area contributed by atoms with Crippen LogP contribution in [-0.4, -0.2) is 6.54 Å². The van der Waals surface area contributed by atoms with Crippen LogP contribution in [0.4, 0.5) is 0 Å². The van der Waals surface area contributed by atoms with Crippen LogP contribution in [0.1, 0.15) is 5.56 Å². The Morgan fingerprint density at radius 2 is 2.00 bits per heavy atom. The van der Waals surface area contributed by atoms with Crippen molar-refractivity contribution in [2.45, 2.75) is 6.42 Å². The first-order chi connectivity index (χ1) is 6.81. The molecule has 0 amide bonds. The summed E-state index contributed by atoms with van der Waals surface area (Å²) in [5.74, 6) is 0. The van der Waals surface area contributed by atoms with Crippen molar-refractivity contribution in [2.24, 2.45) is 5.73 Å². The van der Waals surface area contributed by atoms with Gasteiger partial charge in [0.25, 0.3) is 0 Å². The first-order valence-electron chi connectivity index (χ1n) is 4.68. The average Bonchev–Trinajstić information content (AvgIpc) is 2.18. The van der Waals surface area contributed by atoms with E-state index >= 15 is 0 Å². The third kappa shape index (κ3) is 1.74. The van der Waals surface area contributed by atoms with Crippen LogP contribution in [0, 0.1) is 0 Å². The standard InChI is InChI=1S/C12H12ClN/c13-11-4-5-12-9(6-7-14)2-1-3-10(12)8-11/h1-5,8H,6-7,14H2. The summed E-state index contributed by atoms with van der Waals surface area (Å²) < 4.78 is 0. The molecule has 0 heterocycles. The Morgan fingerprint density at radius 3 is 2.79 bits per heavy atom. The molecule has 72 valence electrons. The Bertz CT molecular complexity index is 451. The van der Waals surface area contributed by atoms with Gasteiger partial charge in [0.15, 0.2) is 0 Å². The molecule has 0 aromatic heterocycles. The highest BCUT2D eigenvalue weighted by Gasteiger charge is 1.99. The molecular formula is C12H12ClN. The fourth-order valence-corrected chi connectivity index (χ4v) is 1.88. The molecule has 1 nitrogen and oxygen atoms in total. The lowest BCUT2D eigenvalue weighted by Crippen LogP contribution is -2.02. The summed E-state index contributed by atoms with van der Waals surface area (Å²) >= 11 is 5.92. The van der Waals surface area contributed by atoms with E-state index in [-0.39, 0.29) is 0 Å². The van der Waals surface area contributed by atoms with Gasteiger partial charge in [-0.3, -0.25) is 0 Å². The second kappa shape index (κ2) is 3.99. The summed E-state index contributed by atoms with van der Waals surface area (Å²) in [6.07, 6.45) is 0.916. The third-order valence-corrected chi connectivity index (χ3v) is 2.58. The smallest absolute Gasteiger partial charge is 0.0412 e. The molecule has 2 aromatic rings. The lowest BCUT2D eigenvalue weighted by molar-refractivity contribution is 0.977. The lowest BCUT2D eigenvalue weighted by Gasteiger charge is -2.05. The molecule has 2 aromatic carbocycles. The molecule has 0 saturated heterocycles. The molecule has 2 N–H and O–H groups in total. The Kier molecular flexibility index (Phi) is 2.71. The number of hydrogen-bond donors (Lipinski definition) is 1. The SMILES string of the molecule is NCCc1cccc2cc(Cl)ccc12. The fourth-order valence-electron chi connectivity index (χ4n) is 1.70. The molecule has 0 unspecified atom stereocenters. The molecule has 0 aliphatic heterocycles. The van der Waals surface area contributed by atoms with Crippen LogP contribution in [0.3, 0.4) is 0 Å². The van der Waals surface area contributed by atoms with Gasteiger partial charge in [-0.05, 0) is 41.4 Å². The van der Waals surface area contributed by atoms with E-state index < -0.39 is 0 Å². The normalized spacial score (nSPS) is 10.7. The highest BCUT2D eigenvalue weighted by molar-refractivity contribution is 6.31. The molecule has 14 heavy (non-hydrogen) atoms. The quantitative estimate of drug-likeness (QED) is 0.802. The van der Waals surface area contributed by atoms with Crippen molar-refractivity contribution in [2.75, 3.05) is 6.54 Å². The zero-order valence-corrected chi connectivity index (χ0v) is 8.59. The first-order valence-corrected chi connectivity index (χ1v) is 5.06. The van der Waals surface area contributed by atoms with Gasteiger partial charge in [0.05, 0.1) is 0 Å². The summed E-state index contributed by atoms with van der Waals surface area (Å²) in [6, 6.07) is 12.2. The zero-order valence-electron chi connectivity index (χ0n) is 7.83. The number of halogens is 1. The summed E-state index contributed by atoms with van der Waals surface area (Å²) in [5, 5.41) is 3.22. The van der Waals surface area contributed by atoms with E-state index in [1.165, 1.54) is 16.3 Å². The van der Waals surface area contributed by atoms with E-state index in [0.29, 0.717) is 6.54 Å². The van der Waals surface area contributed by atoms with Crippen LogP contribution in [-0.2, 0) is 6.42 Å². The fraction of sp³-hybridized carbons (Fsp3) is 0.167. The molecule has 0 saturated carbocycles. The van der Waals surface area contributed by atoms with E-state index in [1.54, 1.807) is 0 Å². The van der Waals surface area contributed by atoms with Crippen molar-refractivity contribution >= 4 is 22.4 Å². The van der Waals surface area contributed by atoms with E-state index in [2.05, 4.69) is 18.2 Å². The van der Waals surface area contributed by atoms with Crippen molar-refractivity contribution in [1.82, 2.24) is 0 Å². The largest absolute Gasteiger partial charge is 0.330 e. The highest BCUT2D eigenvalue weighted by atomic mass is 35.5. The van der Waals surface area contributed by atoms with Gasteiger partial charge in [-0.25, -0.2) is 0 Å². The maximum atomic E-state index is 5.92. The molecule has 2 rings (SSSR count). The maximum absolute atomic E-state index is 5.92. The molecule has 0 bridgehead atoms. The van der Waals surface area contributed by atoms with Crippen molar-refractivity contribution in [3.05, 3.63) is 47.0 Å². The summed E-state index contributed by atoms with van der Waals surface area (Å²) in [6.45, 7) is 0.682. The van der Waals surface area contributed by atoms with Gasteiger partial charge in [0, 0.05) is 5.02 Å². The van der Waals surface area contributed by atoms with Crippen LogP contribution in [0.2, 0.25) is 5.02 Å². The molecule has 0 radical (unpaired) electrons. The molecule has 0 aliphatic carbocycles. The van der Waals surface area contributed by atoms with E-state index in [0.717, 1.165) is 11.4 Å². The second-order valence-corrected chi connectivity index (χ2v) is 3.76. The summed E-state index contributed by atoms with van der Waals surface area (Å²) in [7, 11) is 0. The molecule has 0 spiro atoms. The predicted octanol–water partition coefficient (Wildman–Crippen LogP) is 2.99. The molecule has 0 aliphatic rings. The van der Waals surface area contributed by atoms with Crippen LogP contribution < -0.4 is 5.73 Å². The predicted molar refractivity (Wildman–Crippen MR) is 61.7 cm³/mol. The lowest BCUT2D eigenvalue weighted by atomic mass is 10.0. The molecule has 0 atom stereocenters. The van der Waals surface area contributed by atoms with Gasteiger partial charge in [-0.15, -0.1) is 0 Å². The Morgan fingerprint density at radius 1 is 1.14 bits per heavy atom. The van der Waals surface area contributed by atoms with Crippen molar-refractivity contribution < 1.29 is 0 Å². The van der Waals surface area contributed by atoms with Crippen molar-refractivity contribution in [3.8, 4) is 0 Å². The maximum Gasteiger partial charge on any atom is 0.0412 e. The molecule has 0 fully saturated rings. The average molecular weight is 206 g/mol. The summed E-state index contributed by atoms with van der Waals surface area (Å²) in [4.78, 5) is 0. The van der Waals surface area contributed by atoms with Crippen molar-refractivity contribution in [3.63, 3.8) is 0 Å². The second-order valence-electron chi connectivity index (χ2n) is 3.32. The van der Waals surface area contributed by atoms with Crippen LogP contribution in [0.25, 0.3) is 10.8 Å². The highest BCUT2D eigenvalue weighted by Crippen LogP contribution is 2.22. The first kappa shape index (κ1) is 9.50. The van der Waals surface area contributed by atoms with Crippen molar-refractivity contribution in [1.29, 1.82) is 0 Å². The van der Waals surface area contributed by atoms with Crippen LogP contribution >= 0.6 is 11.6 Å². The van der Waals surface area contributed by atoms with Gasteiger partial charge >= 0.3 is 0 Å². The van der Waals surface area contributed by atoms with Gasteiger partial charge in [0.2, 0.25) is 0 Å². The Labute approximate surface area is 88.5 Å². The van der Waals surface area contributed by atoms with Gasteiger partial charge in [-0.2, -0.15) is 0 Å². The van der Waals surface area contributed by atoms with E-state index in [4.69, 9.17) is 17.3 Å². The monoisotopic (exact) mass is 205 g/mol. The Hall–Kier alpha value is -1.05. The van der Waals surface area contributed by atoms with Gasteiger partial charge in [0.1, 0.15) is 0 Å². The number of nitrogens with two attached hydrogens (primary N) is 1. The minimum Gasteiger partial charge on any atom is -0.330 e. The van der Waals surface area contributed by atoms with E-state index in [1.807, 2.05) is 18.2 Å². The minimum atomic E-state index is 0.682. The van der Waals surface area contributed by atoms with Crippen LogP contribution in [0.5, 0.6) is 0 Å². The molecular weight excluding hydrogens is 194 g/mol. The number of benzene rings is 2. The summed E-state index contributed by atoms with van der Waals surface area (Å²) in [5.41, 5.74) is 6.85. The van der Waals surface area contributed by atoms with Gasteiger partial charge in [-0.1, -0.05) is 35.9 Å². The van der Waals surface area contributed by atoms with E-state index in [9.17, 15) is 0 Å². The topological polar surface area (TPSA) is 26.0 Å². The number of rotatable bonds is 2. The number of fused-ring (bicyclic) bond motifs is 1.